The van der Waals surface area contributed by atoms with Gasteiger partial charge >= 0.3 is 0 Å². The topological polar surface area (TPSA) is 86.5 Å². The number of hydrogen-bond donors (Lipinski definition) is 1. The summed E-state index contributed by atoms with van der Waals surface area (Å²) in [6.45, 7) is 2.02. The van der Waals surface area contributed by atoms with Crippen molar-refractivity contribution in [2.24, 2.45) is 5.92 Å². The molecule has 0 saturated heterocycles. The Morgan fingerprint density at radius 3 is 2.74 bits per heavy atom. The van der Waals surface area contributed by atoms with E-state index in [-0.39, 0.29) is 55.8 Å². The summed E-state index contributed by atoms with van der Waals surface area (Å²) >= 11 is 0. The molecule has 2 aromatic heterocycles. The Bertz CT molecular complexity index is 1100. The Labute approximate surface area is 175 Å². The van der Waals surface area contributed by atoms with Crippen molar-refractivity contribution >= 4 is 17.0 Å². The predicted octanol–water partition coefficient (Wildman–Crippen LogP) is 3.97. The zero-order valence-corrected chi connectivity index (χ0v) is 16.7. The third kappa shape index (κ3) is 5.07. The van der Waals surface area contributed by atoms with Gasteiger partial charge in [-0.25, -0.2) is 23.1 Å². The van der Waals surface area contributed by atoms with Gasteiger partial charge in [-0.15, -0.1) is 0 Å². The lowest BCUT2D eigenvalue weighted by atomic mass is 10.3. The van der Waals surface area contributed by atoms with Crippen LogP contribution in [0.4, 0.5) is 13.2 Å². The van der Waals surface area contributed by atoms with Gasteiger partial charge in [-0.2, -0.15) is 0 Å². The summed E-state index contributed by atoms with van der Waals surface area (Å²) in [6.07, 6.45) is 1.53. The van der Waals surface area contributed by atoms with Crippen LogP contribution < -0.4 is 14.8 Å². The smallest absolute Gasteiger partial charge is 0.251 e. The van der Waals surface area contributed by atoms with Crippen molar-refractivity contribution in [3.05, 3.63) is 36.3 Å². The molecule has 0 aliphatic heterocycles. The highest BCUT2D eigenvalue weighted by Gasteiger charge is 2.56. The second-order valence-corrected chi connectivity index (χ2v) is 7.28. The largest absolute Gasteiger partial charge is 0.493 e. The molecule has 1 aliphatic carbocycles. The summed E-state index contributed by atoms with van der Waals surface area (Å²) in [5.74, 6) is -3.37. The van der Waals surface area contributed by atoms with Crippen LogP contribution in [0.3, 0.4) is 0 Å². The van der Waals surface area contributed by atoms with Gasteiger partial charge in [-0.05, 0) is 18.6 Å². The first-order valence-corrected chi connectivity index (χ1v) is 9.76. The molecule has 1 amide bonds. The number of halogens is 3. The number of carbonyl (C=O) groups excluding carboxylic acids is 1. The van der Waals surface area contributed by atoms with Crippen LogP contribution in [-0.2, 0) is 4.79 Å². The molecular formula is C21H20F3N3O4. The quantitative estimate of drug-likeness (QED) is 0.512. The van der Waals surface area contributed by atoms with Crippen LogP contribution in [0.2, 0.25) is 0 Å². The van der Waals surface area contributed by atoms with E-state index in [2.05, 4.69) is 15.3 Å². The summed E-state index contributed by atoms with van der Waals surface area (Å²) in [4.78, 5) is 19.1. The first-order valence-electron chi connectivity index (χ1n) is 9.76. The average molecular weight is 435 g/mol. The van der Waals surface area contributed by atoms with Crippen LogP contribution in [0.5, 0.6) is 11.5 Å². The van der Waals surface area contributed by atoms with E-state index in [0.717, 1.165) is 6.07 Å². The van der Waals surface area contributed by atoms with Crippen LogP contribution in [0, 0.1) is 11.7 Å². The van der Waals surface area contributed by atoms with Gasteiger partial charge in [-0.3, -0.25) is 4.79 Å². The van der Waals surface area contributed by atoms with E-state index in [0.29, 0.717) is 16.8 Å². The minimum atomic E-state index is -2.56. The number of nitrogens with one attached hydrogen (secondary N) is 1. The fraction of sp³-hybridized carbons (Fsp3) is 0.381. The molecule has 1 N–H and O–H groups in total. The van der Waals surface area contributed by atoms with Gasteiger partial charge in [0.1, 0.15) is 23.6 Å². The van der Waals surface area contributed by atoms with E-state index >= 15 is 0 Å². The molecule has 164 valence electrons. The lowest BCUT2D eigenvalue weighted by Gasteiger charge is -2.07. The number of amides is 1. The fourth-order valence-electron chi connectivity index (χ4n) is 3.05. The Balaban J connectivity index is 1.40. The maximum atomic E-state index is 14.5. The lowest BCUT2D eigenvalue weighted by molar-refractivity contribution is -0.119. The molecule has 2 heterocycles. The van der Waals surface area contributed by atoms with Gasteiger partial charge < -0.3 is 19.2 Å². The first kappa shape index (κ1) is 21.0. The summed E-state index contributed by atoms with van der Waals surface area (Å²) < 4.78 is 56.8. The second kappa shape index (κ2) is 8.44. The molecule has 4 rings (SSSR count). The Morgan fingerprint density at radius 2 is 2.03 bits per heavy atom. The summed E-state index contributed by atoms with van der Waals surface area (Å²) in [6, 6.07) is 6.03. The molecule has 0 radical (unpaired) electrons. The minimum absolute atomic E-state index is 0.00734. The maximum absolute atomic E-state index is 14.5. The number of nitrogens with zero attached hydrogens (tertiary/aromatic N) is 2. The highest BCUT2D eigenvalue weighted by Crippen LogP contribution is 2.50. The van der Waals surface area contributed by atoms with Crippen LogP contribution in [0.1, 0.15) is 19.8 Å². The molecule has 0 spiro atoms. The molecule has 1 aliphatic rings. The first-order chi connectivity index (χ1) is 14.8. The number of ether oxygens (including phenoxy) is 2. The highest BCUT2D eigenvalue weighted by molar-refractivity contribution is 5.77. The molecule has 3 aromatic rings. The predicted molar refractivity (Wildman–Crippen MR) is 105 cm³/mol. The Hall–Kier alpha value is -3.30. The number of pyridine rings is 1. The van der Waals surface area contributed by atoms with Crippen molar-refractivity contribution in [1.29, 1.82) is 0 Å². The van der Waals surface area contributed by atoms with Gasteiger partial charge in [-0.1, -0.05) is 0 Å². The van der Waals surface area contributed by atoms with Crippen molar-refractivity contribution in [3.8, 4) is 23.1 Å². The molecule has 1 saturated carbocycles. The van der Waals surface area contributed by atoms with Crippen molar-refractivity contribution < 1.29 is 31.9 Å². The van der Waals surface area contributed by atoms with Crippen LogP contribution in [0.25, 0.3) is 22.7 Å². The molecule has 10 heteroatoms. The Morgan fingerprint density at radius 1 is 1.26 bits per heavy atom. The molecule has 1 atom stereocenters. The monoisotopic (exact) mass is 435 g/mol. The van der Waals surface area contributed by atoms with Crippen molar-refractivity contribution in [2.75, 3.05) is 19.8 Å². The molecule has 0 bridgehead atoms. The third-order valence-corrected chi connectivity index (χ3v) is 4.81. The number of fused-ring (bicyclic) bond motifs is 1. The SMILES string of the molecule is CC(=O)NCCOc1cnc(-c2nc3ccc(OCCC4CC4(F)F)cc3o2)c(F)c1. The zero-order valence-electron chi connectivity index (χ0n) is 16.7. The van der Waals surface area contributed by atoms with Crippen LogP contribution >= 0.6 is 0 Å². The maximum Gasteiger partial charge on any atom is 0.251 e. The minimum Gasteiger partial charge on any atom is -0.493 e. The molecular weight excluding hydrogens is 415 g/mol. The van der Waals surface area contributed by atoms with E-state index < -0.39 is 17.7 Å². The van der Waals surface area contributed by atoms with E-state index in [1.165, 1.54) is 13.1 Å². The molecule has 1 aromatic carbocycles. The third-order valence-electron chi connectivity index (χ3n) is 4.81. The molecule has 1 unspecified atom stereocenters. The summed E-state index contributed by atoms with van der Waals surface area (Å²) in [5.41, 5.74) is 0.762. The number of aromatic nitrogens is 2. The van der Waals surface area contributed by atoms with Crippen LogP contribution in [-0.4, -0.2) is 41.6 Å². The van der Waals surface area contributed by atoms with Crippen molar-refractivity contribution in [3.63, 3.8) is 0 Å². The van der Waals surface area contributed by atoms with Gasteiger partial charge in [0.05, 0.1) is 19.3 Å². The summed E-state index contributed by atoms with van der Waals surface area (Å²) in [5, 5.41) is 2.57. The van der Waals surface area contributed by atoms with Crippen molar-refractivity contribution in [1.82, 2.24) is 15.3 Å². The highest BCUT2D eigenvalue weighted by atomic mass is 19.3. The average Bonchev–Trinajstić information content (AvgIpc) is 3.12. The number of benzene rings is 1. The lowest BCUT2D eigenvalue weighted by Crippen LogP contribution is -2.25. The van der Waals surface area contributed by atoms with Gasteiger partial charge in [0.15, 0.2) is 17.1 Å². The van der Waals surface area contributed by atoms with E-state index in [1.807, 2.05) is 0 Å². The van der Waals surface area contributed by atoms with Gasteiger partial charge in [0.25, 0.3) is 5.92 Å². The fourth-order valence-corrected chi connectivity index (χ4v) is 3.05. The zero-order chi connectivity index (χ0) is 22.0. The molecule has 31 heavy (non-hydrogen) atoms. The number of alkyl halides is 2. The van der Waals surface area contributed by atoms with E-state index in [9.17, 15) is 18.0 Å². The number of carbonyl (C=O) groups is 1. The number of rotatable bonds is 9. The standard InChI is InChI=1S/C21H20F3N3O4/c1-12(28)25-5-7-30-15-8-16(22)19(26-11-15)20-27-17-3-2-14(9-18(17)31-20)29-6-4-13-10-21(13,23)24/h2-3,8-9,11,13H,4-7,10H2,1H3,(H,25,28). The van der Waals surface area contributed by atoms with Gasteiger partial charge in [0, 0.05) is 31.4 Å². The molecule has 1 fully saturated rings. The van der Waals surface area contributed by atoms with E-state index in [1.54, 1.807) is 18.2 Å². The Kier molecular flexibility index (Phi) is 5.71. The summed E-state index contributed by atoms with van der Waals surface area (Å²) in [7, 11) is 0. The van der Waals surface area contributed by atoms with E-state index in [4.69, 9.17) is 13.9 Å². The molecule has 7 nitrogen and oxygen atoms in total. The van der Waals surface area contributed by atoms with Crippen LogP contribution in [0.15, 0.2) is 34.9 Å². The normalized spacial score (nSPS) is 16.8. The van der Waals surface area contributed by atoms with Gasteiger partial charge in [0.2, 0.25) is 11.8 Å². The number of oxazole rings is 1. The van der Waals surface area contributed by atoms with Crippen molar-refractivity contribution in [2.45, 2.75) is 25.7 Å². The second-order valence-electron chi connectivity index (χ2n) is 7.28. The number of hydrogen-bond acceptors (Lipinski definition) is 6.